The summed E-state index contributed by atoms with van der Waals surface area (Å²) < 4.78 is 11.8. The Morgan fingerprint density at radius 1 is 1.27 bits per heavy atom. The van der Waals surface area contributed by atoms with E-state index in [-0.39, 0.29) is 5.69 Å². The molecule has 0 bridgehead atoms. The molecule has 1 fully saturated rings. The molecule has 0 aliphatic carbocycles. The molecule has 0 atom stereocenters. The molecule has 9 heteroatoms. The minimum Gasteiger partial charge on any atom is -0.465 e. The van der Waals surface area contributed by atoms with Crippen molar-refractivity contribution in [3.8, 4) is 0 Å². The van der Waals surface area contributed by atoms with E-state index in [1.807, 2.05) is 27.7 Å². The molecule has 1 heterocycles. The van der Waals surface area contributed by atoms with Crippen LogP contribution in [0.25, 0.3) is 0 Å². The predicted molar refractivity (Wildman–Crippen MR) is 97.8 cm³/mol. The van der Waals surface area contributed by atoms with Crippen LogP contribution in [-0.2, 0) is 15.7 Å². The lowest BCUT2D eigenvalue weighted by atomic mass is 9.77. The Balaban J connectivity index is 2.34. The summed E-state index contributed by atoms with van der Waals surface area (Å²) >= 11 is 0. The zero-order valence-corrected chi connectivity index (χ0v) is 16.0. The van der Waals surface area contributed by atoms with Gasteiger partial charge < -0.3 is 19.7 Å². The Kier molecular flexibility index (Phi) is 5.09. The van der Waals surface area contributed by atoms with Gasteiger partial charge in [0.15, 0.2) is 0 Å². The fraction of sp³-hybridized carbons (Fsp3) is 0.588. The first-order valence-corrected chi connectivity index (χ1v) is 8.38. The topological polar surface area (TPSA) is 111 Å². The van der Waals surface area contributed by atoms with Gasteiger partial charge >= 0.3 is 13.2 Å². The number of carbonyl (C=O) groups is 1. The third kappa shape index (κ3) is 4.16. The summed E-state index contributed by atoms with van der Waals surface area (Å²) in [6, 6.07) is 4.80. The van der Waals surface area contributed by atoms with Crippen molar-refractivity contribution in [1.82, 2.24) is 5.32 Å². The molecule has 0 unspecified atom stereocenters. The van der Waals surface area contributed by atoms with Gasteiger partial charge in [-0.1, -0.05) is 12.1 Å². The number of rotatable bonds is 5. The summed E-state index contributed by atoms with van der Waals surface area (Å²) in [5, 5.41) is 22.9. The van der Waals surface area contributed by atoms with Crippen LogP contribution in [0, 0.1) is 10.1 Å². The van der Waals surface area contributed by atoms with Crippen molar-refractivity contribution >= 4 is 24.4 Å². The first kappa shape index (κ1) is 20.2. The summed E-state index contributed by atoms with van der Waals surface area (Å²) in [5.74, 6) is 0. The van der Waals surface area contributed by atoms with Crippen LogP contribution in [0.3, 0.4) is 0 Å². The number of carboxylic acid groups (broad SMARTS) is 1. The fourth-order valence-electron chi connectivity index (χ4n) is 2.87. The number of nitrogens with one attached hydrogen (secondary N) is 1. The van der Waals surface area contributed by atoms with Gasteiger partial charge in [0.25, 0.3) is 5.69 Å². The van der Waals surface area contributed by atoms with Gasteiger partial charge in [-0.05, 0) is 53.5 Å². The maximum atomic E-state index is 11.6. The van der Waals surface area contributed by atoms with Crippen LogP contribution >= 0.6 is 0 Å². The largest absolute Gasteiger partial charge is 0.501 e. The van der Waals surface area contributed by atoms with Crippen molar-refractivity contribution in [3.63, 3.8) is 0 Å². The number of benzene rings is 1. The summed E-state index contributed by atoms with van der Waals surface area (Å²) in [5.41, 5.74) is -1.06. The number of hydrogen-bond acceptors (Lipinski definition) is 5. The molecule has 26 heavy (non-hydrogen) atoms. The lowest BCUT2D eigenvalue weighted by Crippen LogP contribution is -2.44. The van der Waals surface area contributed by atoms with Gasteiger partial charge in [0, 0.05) is 11.6 Å². The summed E-state index contributed by atoms with van der Waals surface area (Å²) in [6.07, 6.45) is -0.831. The highest BCUT2D eigenvalue weighted by molar-refractivity contribution is 6.63. The molecular weight excluding hydrogens is 339 g/mol. The first-order valence-electron chi connectivity index (χ1n) is 8.38. The van der Waals surface area contributed by atoms with Gasteiger partial charge in [-0.15, -0.1) is 0 Å². The van der Waals surface area contributed by atoms with Gasteiger partial charge in [-0.3, -0.25) is 10.1 Å². The molecule has 0 saturated carbocycles. The number of hydrogen-bond donors (Lipinski definition) is 2. The maximum absolute atomic E-state index is 11.6. The molecule has 1 aromatic carbocycles. The lowest BCUT2D eigenvalue weighted by molar-refractivity contribution is -0.383. The Morgan fingerprint density at radius 3 is 2.27 bits per heavy atom. The summed E-state index contributed by atoms with van der Waals surface area (Å²) in [4.78, 5) is 22.0. The molecule has 0 aromatic heterocycles. The highest BCUT2D eigenvalue weighted by Gasteiger charge is 2.53. The van der Waals surface area contributed by atoms with Crippen LogP contribution in [0.5, 0.6) is 0 Å². The minimum absolute atomic E-state index is 0.105. The highest BCUT2D eigenvalue weighted by Crippen LogP contribution is 2.37. The smallest absolute Gasteiger partial charge is 0.465 e. The van der Waals surface area contributed by atoms with Crippen LogP contribution in [0.4, 0.5) is 10.5 Å². The van der Waals surface area contributed by atoms with Crippen LogP contribution in [0.2, 0.25) is 0 Å². The SMILES string of the molecule is CC(C)(Cc1ccc(B2OC(C)(C)C(C)(C)O2)c([N+](=O)[O-])c1)NC(=O)O. The zero-order chi connectivity index (χ0) is 19.9. The predicted octanol–water partition coefficient (Wildman–Crippen LogP) is 2.48. The standard InChI is InChI=1S/C17H25BN2O6/c1-15(2,19-14(21)22)10-11-7-8-12(13(9-11)20(23)24)18-25-16(3,4)17(5,6)26-18/h7-9,19H,10H2,1-6H3,(H,21,22). The third-order valence-corrected chi connectivity index (χ3v) is 4.89. The monoisotopic (exact) mass is 364 g/mol. The number of amides is 1. The van der Waals surface area contributed by atoms with Gasteiger partial charge in [0.2, 0.25) is 0 Å². The van der Waals surface area contributed by atoms with Crippen molar-refractivity contribution in [2.75, 3.05) is 0 Å². The highest BCUT2D eigenvalue weighted by atomic mass is 16.7. The van der Waals surface area contributed by atoms with E-state index < -0.39 is 34.9 Å². The Morgan fingerprint density at radius 2 is 1.81 bits per heavy atom. The normalized spacial score (nSPS) is 18.6. The second kappa shape index (κ2) is 6.55. The van der Waals surface area contributed by atoms with Crippen molar-refractivity contribution < 1.29 is 24.1 Å². The molecule has 8 nitrogen and oxygen atoms in total. The van der Waals surface area contributed by atoms with Crippen LogP contribution in [0.1, 0.15) is 47.1 Å². The molecule has 1 aromatic rings. The maximum Gasteiger partial charge on any atom is 0.501 e. The summed E-state index contributed by atoms with van der Waals surface area (Å²) in [7, 11) is -0.834. The Bertz CT molecular complexity index is 716. The molecule has 0 spiro atoms. The molecule has 0 radical (unpaired) electrons. The van der Waals surface area contributed by atoms with Gasteiger partial charge in [0.05, 0.1) is 21.6 Å². The van der Waals surface area contributed by atoms with Crippen LogP contribution in [-0.4, -0.2) is 40.0 Å². The van der Waals surface area contributed by atoms with E-state index in [0.29, 0.717) is 17.4 Å². The zero-order valence-electron chi connectivity index (χ0n) is 16.0. The van der Waals surface area contributed by atoms with E-state index >= 15 is 0 Å². The van der Waals surface area contributed by atoms with E-state index in [0.717, 1.165) is 0 Å². The lowest BCUT2D eigenvalue weighted by Gasteiger charge is -2.32. The van der Waals surface area contributed by atoms with E-state index in [2.05, 4.69) is 5.32 Å². The first-order chi connectivity index (χ1) is 11.7. The quantitative estimate of drug-likeness (QED) is 0.472. The van der Waals surface area contributed by atoms with Crippen LogP contribution in [0.15, 0.2) is 18.2 Å². The Hall–Kier alpha value is -2.13. The molecule has 142 valence electrons. The Labute approximate surface area is 153 Å². The molecule has 1 saturated heterocycles. The number of nitro groups is 1. The number of nitro benzene ring substituents is 1. The van der Waals surface area contributed by atoms with E-state index in [1.54, 1.807) is 26.0 Å². The van der Waals surface area contributed by atoms with E-state index in [9.17, 15) is 14.9 Å². The van der Waals surface area contributed by atoms with Gasteiger partial charge in [0.1, 0.15) is 0 Å². The van der Waals surface area contributed by atoms with E-state index in [4.69, 9.17) is 14.4 Å². The molecule has 2 N–H and O–H groups in total. The average molecular weight is 364 g/mol. The van der Waals surface area contributed by atoms with Crippen molar-refractivity contribution in [3.05, 3.63) is 33.9 Å². The second-order valence-electron chi connectivity index (χ2n) is 8.23. The second-order valence-corrected chi connectivity index (χ2v) is 8.23. The molecule has 2 rings (SSSR count). The molecule has 1 aliphatic rings. The number of nitrogens with zero attached hydrogens (tertiary/aromatic N) is 1. The fourth-order valence-corrected chi connectivity index (χ4v) is 2.87. The van der Waals surface area contributed by atoms with Crippen molar-refractivity contribution in [2.45, 2.75) is 64.7 Å². The van der Waals surface area contributed by atoms with Crippen molar-refractivity contribution in [2.24, 2.45) is 0 Å². The summed E-state index contributed by atoms with van der Waals surface area (Å²) in [6.45, 7) is 11.0. The molecular formula is C17H25BN2O6. The third-order valence-electron chi connectivity index (χ3n) is 4.89. The van der Waals surface area contributed by atoms with E-state index in [1.165, 1.54) is 6.07 Å². The molecule has 1 aliphatic heterocycles. The minimum atomic E-state index is -1.14. The van der Waals surface area contributed by atoms with Crippen LogP contribution < -0.4 is 10.8 Å². The van der Waals surface area contributed by atoms with Gasteiger partial charge in [-0.2, -0.15) is 0 Å². The average Bonchev–Trinajstić information content (AvgIpc) is 2.65. The van der Waals surface area contributed by atoms with Crippen molar-refractivity contribution in [1.29, 1.82) is 0 Å². The van der Waals surface area contributed by atoms with Gasteiger partial charge in [-0.25, -0.2) is 4.79 Å². The molecule has 1 amide bonds.